The molecule has 0 heterocycles. The van der Waals surface area contributed by atoms with E-state index in [1.165, 1.54) is 31.4 Å². The van der Waals surface area contributed by atoms with Crippen LogP contribution in [0.5, 0.6) is 5.75 Å². The Kier molecular flexibility index (Phi) is 7.23. The lowest BCUT2D eigenvalue weighted by Gasteiger charge is -2.06. The smallest absolute Gasteiger partial charge is 0.337 e. The normalized spacial score (nSPS) is 10.1. The quantitative estimate of drug-likeness (QED) is 0.593. The molecule has 0 spiro atoms. The molecule has 0 saturated carbocycles. The third-order valence-electron chi connectivity index (χ3n) is 3.30. The molecule has 2 rings (SSSR count). The number of carbonyl (C=O) groups is 3. The molecular formula is C19H19NO5S. The van der Waals surface area contributed by atoms with Gasteiger partial charge in [0.25, 0.3) is 0 Å². The van der Waals surface area contributed by atoms with Crippen LogP contribution in [0, 0.1) is 6.92 Å². The summed E-state index contributed by atoms with van der Waals surface area (Å²) >= 11 is 1.16. The van der Waals surface area contributed by atoms with Gasteiger partial charge in [-0.05, 0) is 43.3 Å². The topological polar surface area (TPSA) is 81.7 Å². The molecule has 0 aliphatic heterocycles. The number of hydrogen-bond donors (Lipinski definition) is 1. The van der Waals surface area contributed by atoms with E-state index in [1.54, 1.807) is 0 Å². The van der Waals surface area contributed by atoms with Gasteiger partial charge in [0.1, 0.15) is 5.75 Å². The van der Waals surface area contributed by atoms with Gasteiger partial charge in [0, 0.05) is 5.69 Å². The molecule has 0 aliphatic carbocycles. The molecule has 136 valence electrons. The predicted octanol–water partition coefficient (Wildman–Crippen LogP) is 3.06. The van der Waals surface area contributed by atoms with Gasteiger partial charge in [-0.2, -0.15) is 0 Å². The molecule has 1 N–H and O–H groups in total. The van der Waals surface area contributed by atoms with Gasteiger partial charge in [-0.1, -0.05) is 17.7 Å². The molecule has 0 radical (unpaired) electrons. The lowest BCUT2D eigenvalue weighted by atomic mass is 10.2. The average molecular weight is 373 g/mol. The molecule has 0 atom stereocenters. The third-order valence-corrected chi connectivity index (χ3v) is 4.20. The second-order valence-electron chi connectivity index (χ2n) is 5.40. The molecule has 0 bridgehead atoms. The minimum Gasteiger partial charge on any atom is -0.465 e. The van der Waals surface area contributed by atoms with Crippen LogP contribution in [0.25, 0.3) is 0 Å². The number of hydrogen-bond acceptors (Lipinski definition) is 6. The van der Waals surface area contributed by atoms with Crippen LogP contribution in [0.3, 0.4) is 0 Å². The number of ether oxygens (including phenoxy) is 2. The Labute approximate surface area is 155 Å². The van der Waals surface area contributed by atoms with E-state index in [4.69, 9.17) is 4.74 Å². The number of nitrogens with one attached hydrogen (secondary N) is 1. The summed E-state index contributed by atoms with van der Waals surface area (Å²) in [6.07, 6.45) is 0. The number of rotatable bonds is 7. The summed E-state index contributed by atoms with van der Waals surface area (Å²) in [5, 5.41) is 2.76. The Bertz CT molecular complexity index is 772. The van der Waals surface area contributed by atoms with E-state index in [1.807, 2.05) is 31.2 Å². The van der Waals surface area contributed by atoms with Gasteiger partial charge in [0.2, 0.25) is 5.91 Å². The Balaban J connectivity index is 1.72. The van der Waals surface area contributed by atoms with Crippen molar-refractivity contribution >= 4 is 35.3 Å². The largest absolute Gasteiger partial charge is 0.465 e. The summed E-state index contributed by atoms with van der Waals surface area (Å²) in [6, 6.07) is 13.5. The number of carbonyl (C=O) groups excluding carboxylic acids is 3. The van der Waals surface area contributed by atoms with E-state index in [-0.39, 0.29) is 17.4 Å². The predicted molar refractivity (Wildman–Crippen MR) is 101 cm³/mol. The Hall–Kier alpha value is -2.80. The molecular weight excluding hydrogens is 354 g/mol. The molecule has 0 aromatic heterocycles. The van der Waals surface area contributed by atoms with E-state index >= 15 is 0 Å². The van der Waals surface area contributed by atoms with Gasteiger partial charge in [-0.25, -0.2) is 4.79 Å². The molecule has 0 saturated heterocycles. The summed E-state index contributed by atoms with van der Waals surface area (Å²) in [6.45, 7) is 1.97. The maximum atomic E-state index is 11.8. The Morgan fingerprint density at radius 2 is 1.62 bits per heavy atom. The van der Waals surface area contributed by atoms with Crippen LogP contribution in [-0.2, 0) is 14.3 Å². The lowest BCUT2D eigenvalue weighted by molar-refractivity contribution is -0.131. The van der Waals surface area contributed by atoms with Crippen LogP contribution in [0.15, 0.2) is 48.5 Å². The SMILES string of the molecule is COC(=O)c1ccc(OC(=O)CSCC(=O)Nc2ccc(C)cc2)cc1. The highest BCUT2D eigenvalue weighted by Crippen LogP contribution is 2.14. The highest BCUT2D eigenvalue weighted by atomic mass is 32.2. The Morgan fingerprint density at radius 3 is 2.23 bits per heavy atom. The van der Waals surface area contributed by atoms with Crippen molar-refractivity contribution in [1.29, 1.82) is 0 Å². The molecule has 7 heteroatoms. The van der Waals surface area contributed by atoms with Crippen molar-refractivity contribution in [2.24, 2.45) is 0 Å². The van der Waals surface area contributed by atoms with Crippen molar-refractivity contribution in [3.05, 3.63) is 59.7 Å². The highest BCUT2D eigenvalue weighted by molar-refractivity contribution is 8.00. The molecule has 2 aromatic carbocycles. The molecule has 0 aliphatic rings. The molecule has 0 unspecified atom stereocenters. The maximum absolute atomic E-state index is 11.8. The van der Waals surface area contributed by atoms with Gasteiger partial charge in [-0.3, -0.25) is 9.59 Å². The van der Waals surface area contributed by atoms with Crippen molar-refractivity contribution in [1.82, 2.24) is 0 Å². The molecule has 6 nitrogen and oxygen atoms in total. The van der Waals surface area contributed by atoms with Gasteiger partial charge in [-0.15, -0.1) is 11.8 Å². The zero-order chi connectivity index (χ0) is 18.9. The van der Waals surface area contributed by atoms with Gasteiger partial charge in [0.15, 0.2) is 0 Å². The van der Waals surface area contributed by atoms with E-state index in [9.17, 15) is 14.4 Å². The first-order chi connectivity index (χ1) is 12.5. The third kappa shape index (κ3) is 6.25. The monoisotopic (exact) mass is 373 g/mol. The average Bonchev–Trinajstić information content (AvgIpc) is 2.63. The van der Waals surface area contributed by atoms with Crippen molar-refractivity contribution in [3.8, 4) is 5.75 Å². The highest BCUT2D eigenvalue weighted by Gasteiger charge is 2.10. The second-order valence-corrected chi connectivity index (χ2v) is 6.38. The Morgan fingerprint density at radius 1 is 0.962 bits per heavy atom. The molecule has 1 amide bonds. The zero-order valence-corrected chi connectivity index (χ0v) is 15.3. The lowest BCUT2D eigenvalue weighted by Crippen LogP contribution is -2.17. The maximum Gasteiger partial charge on any atom is 0.337 e. The van der Waals surface area contributed by atoms with Crippen LogP contribution in [-0.4, -0.2) is 36.5 Å². The molecule has 0 fully saturated rings. The van der Waals surface area contributed by atoms with Crippen molar-refractivity contribution in [2.75, 3.05) is 23.9 Å². The number of esters is 2. The summed E-state index contributed by atoms with van der Waals surface area (Å²) in [4.78, 5) is 35.0. The summed E-state index contributed by atoms with van der Waals surface area (Å²) < 4.78 is 9.75. The summed E-state index contributed by atoms with van der Waals surface area (Å²) in [5.41, 5.74) is 2.20. The van der Waals surface area contributed by atoms with Gasteiger partial charge < -0.3 is 14.8 Å². The number of aryl methyl sites for hydroxylation is 1. The first kappa shape index (κ1) is 19.5. The first-order valence-electron chi connectivity index (χ1n) is 7.81. The number of anilines is 1. The molecule has 2 aromatic rings. The van der Waals surface area contributed by atoms with Crippen molar-refractivity contribution < 1.29 is 23.9 Å². The van der Waals surface area contributed by atoms with E-state index < -0.39 is 11.9 Å². The minimum atomic E-state index is -0.469. The van der Waals surface area contributed by atoms with Crippen LogP contribution >= 0.6 is 11.8 Å². The first-order valence-corrected chi connectivity index (χ1v) is 8.96. The van der Waals surface area contributed by atoms with Crippen LogP contribution in [0.4, 0.5) is 5.69 Å². The van der Waals surface area contributed by atoms with E-state index in [0.717, 1.165) is 23.0 Å². The van der Waals surface area contributed by atoms with Crippen molar-refractivity contribution in [3.63, 3.8) is 0 Å². The van der Waals surface area contributed by atoms with Gasteiger partial charge >= 0.3 is 11.9 Å². The standard InChI is InChI=1S/C19H19NO5S/c1-13-3-7-15(8-4-13)20-17(21)11-26-12-18(22)25-16-9-5-14(6-10-16)19(23)24-2/h3-10H,11-12H2,1-2H3,(H,20,21). The van der Waals surface area contributed by atoms with Crippen LogP contribution in [0.1, 0.15) is 15.9 Å². The fraction of sp³-hybridized carbons (Fsp3) is 0.211. The fourth-order valence-electron chi connectivity index (χ4n) is 2.00. The summed E-state index contributed by atoms with van der Waals surface area (Å²) in [5.74, 6) is -0.604. The van der Waals surface area contributed by atoms with E-state index in [0.29, 0.717) is 11.3 Å². The second kappa shape index (κ2) is 9.62. The van der Waals surface area contributed by atoms with Crippen LogP contribution in [0.2, 0.25) is 0 Å². The molecule has 26 heavy (non-hydrogen) atoms. The number of benzene rings is 2. The fourth-order valence-corrected chi connectivity index (χ4v) is 2.58. The van der Waals surface area contributed by atoms with Crippen LogP contribution < -0.4 is 10.1 Å². The van der Waals surface area contributed by atoms with Crippen molar-refractivity contribution in [2.45, 2.75) is 6.92 Å². The van der Waals surface area contributed by atoms with E-state index in [2.05, 4.69) is 10.1 Å². The number of thioether (sulfide) groups is 1. The number of methoxy groups -OCH3 is 1. The summed E-state index contributed by atoms with van der Waals surface area (Å²) in [7, 11) is 1.29. The zero-order valence-electron chi connectivity index (χ0n) is 14.5. The van der Waals surface area contributed by atoms with Gasteiger partial charge in [0.05, 0.1) is 24.2 Å². The number of amides is 1. The minimum absolute atomic E-state index is 0.0417.